The Kier molecular flexibility index (Phi) is 6.05. The number of rotatable bonds is 1. The third-order valence-corrected chi connectivity index (χ3v) is 10.1. The number of cyclic esters (lactones) is 1. The molecular formula is C29H36O9. The number of fused-ring (bicyclic) bond motifs is 2. The first kappa shape index (κ1) is 26.0. The summed E-state index contributed by atoms with van der Waals surface area (Å²) in [6.45, 7) is 6.43. The van der Waals surface area contributed by atoms with Crippen LogP contribution in [0.3, 0.4) is 0 Å². The van der Waals surface area contributed by atoms with Gasteiger partial charge in [-0.1, -0.05) is 30.7 Å². The molecule has 6 rings (SSSR count). The minimum absolute atomic E-state index is 0.0519. The molecule has 9 atom stereocenters. The first-order chi connectivity index (χ1) is 18.1. The van der Waals surface area contributed by atoms with Crippen LogP contribution in [0.4, 0.5) is 0 Å². The van der Waals surface area contributed by atoms with E-state index in [-0.39, 0.29) is 25.4 Å². The number of carbonyl (C=O) groups is 2. The van der Waals surface area contributed by atoms with Gasteiger partial charge in [0.25, 0.3) is 0 Å². The number of allylic oxidation sites excluding steroid dienone is 3. The van der Waals surface area contributed by atoms with E-state index in [0.717, 1.165) is 6.42 Å². The second-order valence-corrected chi connectivity index (χ2v) is 11.8. The fourth-order valence-corrected chi connectivity index (χ4v) is 7.68. The van der Waals surface area contributed by atoms with Crippen LogP contribution in [-0.2, 0) is 33.3 Å². The Hall–Kier alpha value is -2.30. The van der Waals surface area contributed by atoms with E-state index >= 15 is 0 Å². The van der Waals surface area contributed by atoms with Gasteiger partial charge < -0.3 is 33.9 Å². The molecule has 0 radical (unpaired) electrons. The van der Waals surface area contributed by atoms with Crippen LogP contribution in [0.15, 0.2) is 47.6 Å². The van der Waals surface area contributed by atoms with E-state index in [4.69, 9.17) is 23.7 Å². The van der Waals surface area contributed by atoms with Crippen molar-refractivity contribution in [2.45, 2.75) is 88.2 Å². The topological polar surface area (TPSA) is 124 Å². The highest BCUT2D eigenvalue weighted by Gasteiger charge is 2.83. The Labute approximate surface area is 222 Å². The Bertz CT molecular complexity index is 1150. The molecule has 0 amide bonds. The molecule has 0 aromatic rings. The van der Waals surface area contributed by atoms with Gasteiger partial charge in [0.15, 0.2) is 0 Å². The van der Waals surface area contributed by atoms with Gasteiger partial charge in [-0.2, -0.15) is 0 Å². The molecular weight excluding hydrogens is 492 g/mol. The molecule has 4 fully saturated rings. The van der Waals surface area contributed by atoms with Crippen molar-refractivity contribution in [1.29, 1.82) is 0 Å². The molecule has 2 N–H and O–H groups in total. The van der Waals surface area contributed by atoms with E-state index in [9.17, 15) is 19.8 Å². The quantitative estimate of drug-likeness (QED) is 0.299. The van der Waals surface area contributed by atoms with Crippen molar-refractivity contribution in [3.05, 3.63) is 47.6 Å². The summed E-state index contributed by atoms with van der Waals surface area (Å²) >= 11 is 0. The van der Waals surface area contributed by atoms with Crippen LogP contribution < -0.4 is 0 Å². The lowest BCUT2D eigenvalue weighted by molar-refractivity contribution is -0.232. The van der Waals surface area contributed by atoms with Gasteiger partial charge in [0.1, 0.15) is 30.0 Å². The third kappa shape index (κ3) is 3.48. The monoisotopic (exact) mass is 528 g/mol. The first-order valence-electron chi connectivity index (χ1n) is 13.5. The molecule has 4 bridgehead atoms. The van der Waals surface area contributed by atoms with E-state index in [1.54, 1.807) is 6.08 Å². The van der Waals surface area contributed by atoms with Gasteiger partial charge in [0, 0.05) is 24.0 Å². The lowest BCUT2D eigenvalue weighted by Gasteiger charge is -2.58. The van der Waals surface area contributed by atoms with Gasteiger partial charge in [-0.15, -0.1) is 0 Å². The fraction of sp³-hybridized carbons (Fsp3) is 0.655. The molecule has 38 heavy (non-hydrogen) atoms. The standard InChI is InChI=1S/C29H36O9/c1-17-7-10-27-15-34-24(32)13-19-8-11-35-28(18(2)30,25(19)33)9-5-4-6-23(31)38-20-14-22(37-21(27)12-17)29(16-36-29)26(20,27)3/h4-6,9,12-13,18,20-22,25,30,33H,7-8,10-11,14-16H2,1-3H3/b6-4+,9-5+,19-13+/t18-,20?,21+,22+,25+,26+,27+,28-,29-/m0/s1. The fourth-order valence-electron chi connectivity index (χ4n) is 7.68. The van der Waals surface area contributed by atoms with Gasteiger partial charge >= 0.3 is 11.9 Å². The molecule has 9 nitrogen and oxygen atoms in total. The number of aliphatic hydroxyl groups excluding tert-OH is 2. The van der Waals surface area contributed by atoms with E-state index in [2.05, 4.69) is 19.9 Å². The van der Waals surface area contributed by atoms with Crippen molar-refractivity contribution >= 4 is 11.9 Å². The molecule has 2 aliphatic carbocycles. The van der Waals surface area contributed by atoms with Crippen molar-refractivity contribution < 1.29 is 43.5 Å². The average Bonchev–Trinajstić information content (AvgIpc) is 3.65. The molecule has 0 aromatic heterocycles. The zero-order chi connectivity index (χ0) is 26.9. The summed E-state index contributed by atoms with van der Waals surface area (Å²) in [6.07, 6.45) is 8.21. The summed E-state index contributed by atoms with van der Waals surface area (Å²) in [6, 6.07) is 0. The Morgan fingerprint density at radius 3 is 2.61 bits per heavy atom. The van der Waals surface area contributed by atoms with Gasteiger partial charge in [0.05, 0.1) is 36.9 Å². The molecule has 2 spiro atoms. The molecule has 0 aromatic carbocycles. The number of aliphatic hydroxyl groups is 2. The lowest BCUT2D eigenvalue weighted by atomic mass is 9.51. The highest BCUT2D eigenvalue weighted by atomic mass is 16.6. The highest BCUT2D eigenvalue weighted by molar-refractivity contribution is 5.83. The summed E-state index contributed by atoms with van der Waals surface area (Å²) in [7, 11) is 0. The number of hydrogen-bond donors (Lipinski definition) is 2. The Morgan fingerprint density at radius 2 is 1.87 bits per heavy atom. The molecule has 6 aliphatic rings. The van der Waals surface area contributed by atoms with Gasteiger partial charge in [-0.25, -0.2) is 9.59 Å². The molecule has 4 aliphatic heterocycles. The first-order valence-corrected chi connectivity index (χ1v) is 13.5. The summed E-state index contributed by atoms with van der Waals surface area (Å²) in [5.41, 5.74) is -1.76. The molecule has 4 heterocycles. The maximum Gasteiger partial charge on any atom is 0.331 e. The van der Waals surface area contributed by atoms with Crippen LogP contribution in [-0.4, -0.2) is 83.7 Å². The molecule has 9 heteroatoms. The molecule has 3 saturated heterocycles. The summed E-state index contributed by atoms with van der Waals surface area (Å²) in [4.78, 5) is 26.2. The van der Waals surface area contributed by atoms with Gasteiger partial charge in [-0.3, -0.25) is 0 Å². The number of hydrogen-bond acceptors (Lipinski definition) is 9. The highest BCUT2D eigenvalue weighted by Crippen LogP contribution is 2.72. The van der Waals surface area contributed by atoms with Crippen LogP contribution in [0.2, 0.25) is 0 Å². The summed E-state index contributed by atoms with van der Waals surface area (Å²) in [5.74, 6) is -1.10. The van der Waals surface area contributed by atoms with Crippen molar-refractivity contribution in [3.63, 3.8) is 0 Å². The maximum atomic E-state index is 13.2. The van der Waals surface area contributed by atoms with Gasteiger partial charge in [-0.05, 0) is 44.8 Å². The van der Waals surface area contributed by atoms with E-state index in [1.807, 2.05) is 0 Å². The second kappa shape index (κ2) is 8.86. The van der Waals surface area contributed by atoms with Crippen LogP contribution in [0.25, 0.3) is 0 Å². The summed E-state index contributed by atoms with van der Waals surface area (Å²) < 4.78 is 30.6. The van der Waals surface area contributed by atoms with Crippen LogP contribution in [0.1, 0.15) is 46.5 Å². The largest absolute Gasteiger partial charge is 0.462 e. The molecule has 206 valence electrons. The smallest absolute Gasteiger partial charge is 0.331 e. The van der Waals surface area contributed by atoms with Gasteiger partial charge in [0.2, 0.25) is 0 Å². The zero-order valence-electron chi connectivity index (χ0n) is 22.1. The number of carbonyl (C=O) groups excluding carboxylic acids is 2. The normalized spacial score (nSPS) is 50.0. The predicted molar refractivity (Wildman–Crippen MR) is 134 cm³/mol. The van der Waals surface area contributed by atoms with Crippen molar-refractivity contribution in [2.75, 3.05) is 19.8 Å². The zero-order valence-corrected chi connectivity index (χ0v) is 22.1. The van der Waals surface area contributed by atoms with E-state index < -0.39 is 52.3 Å². The van der Waals surface area contributed by atoms with Crippen molar-refractivity contribution in [1.82, 2.24) is 0 Å². The third-order valence-electron chi connectivity index (χ3n) is 10.1. The lowest BCUT2D eigenvalue weighted by Crippen LogP contribution is -2.66. The minimum atomic E-state index is -1.47. The summed E-state index contributed by atoms with van der Waals surface area (Å²) in [5, 5.41) is 21.7. The maximum absolute atomic E-state index is 13.2. The Balaban J connectivity index is 1.44. The van der Waals surface area contributed by atoms with E-state index in [0.29, 0.717) is 31.4 Å². The SMILES string of the molecule is CC1=C[C@H]2O[C@@H]3CC4OC(=O)/C=C/C=C/[C@@]5([C@H](C)O)OCC/C(=C\C(=O)OC[C@@]2(CC1)[C@]4(C)[C@]31CO1)[C@H]5O. The number of ether oxygens (including phenoxy) is 5. The second-order valence-electron chi connectivity index (χ2n) is 11.8. The predicted octanol–water partition coefficient (Wildman–Crippen LogP) is 2.07. The van der Waals surface area contributed by atoms with Crippen LogP contribution in [0.5, 0.6) is 0 Å². The van der Waals surface area contributed by atoms with E-state index in [1.165, 1.54) is 36.8 Å². The Morgan fingerprint density at radius 1 is 1.08 bits per heavy atom. The molecule has 1 saturated carbocycles. The van der Waals surface area contributed by atoms with Crippen molar-refractivity contribution in [3.8, 4) is 0 Å². The molecule has 1 unspecified atom stereocenters. The van der Waals surface area contributed by atoms with Crippen molar-refractivity contribution in [2.24, 2.45) is 10.8 Å². The van der Waals surface area contributed by atoms with Crippen LogP contribution >= 0.6 is 0 Å². The number of epoxide rings is 1. The van der Waals surface area contributed by atoms with Crippen LogP contribution in [0, 0.1) is 10.8 Å². The average molecular weight is 529 g/mol. The number of esters is 2. The minimum Gasteiger partial charge on any atom is -0.462 e.